The predicted molar refractivity (Wildman–Crippen MR) is 44.6 cm³/mol. The number of nitriles is 1. The molecule has 13 heavy (non-hydrogen) atoms. The van der Waals surface area contributed by atoms with Gasteiger partial charge < -0.3 is 9.52 Å². The molecule has 0 fully saturated rings. The molecule has 2 rings (SSSR count). The molecule has 0 atom stereocenters. The monoisotopic (exact) mass is 174 g/mol. The van der Waals surface area contributed by atoms with E-state index in [9.17, 15) is 0 Å². The summed E-state index contributed by atoms with van der Waals surface area (Å²) in [5.74, 6) is 0. The molecular weight excluding hydrogens is 168 g/mol. The zero-order valence-corrected chi connectivity index (χ0v) is 6.69. The van der Waals surface area contributed by atoms with Gasteiger partial charge >= 0.3 is 0 Å². The highest BCUT2D eigenvalue weighted by Gasteiger charge is 2.06. The van der Waals surface area contributed by atoms with Crippen molar-refractivity contribution in [3.05, 3.63) is 29.7 Å². The topological polar surface area (TPSA) is 70.0 Å². The van der Waals surface area contributed by atoms with Gasteiger partial charge in [-0.2, -0.15) is 5.26 Å². The zero-order chi connectivity index (χ0) is 9.26. The number of nitrogens with zero attached hydrogens (tertiary/aromatic N) is 2. The summed E-state index contributed by atoms with van der Waals surface area (Å²) in [6, 6.07) is 5.27. The van der Waals surface area contributed by atoms with Crippen LogP contribution in [0, 0.1) is 11.3 Å². The van der Waals surface area contributed by atoms with E-state index in [0.717, 1.165) is 0 Å². The van der Waals surface area contributed by atoms with Gasteiger partial charge in [0.15, 0.2) is 12.0 Å². The maximum absolute atomic E-state index is 8.89. The highest BCUT2D eigenvalue weighted by molar-refractivity contribution is 5.79. The zero-order valence-electron chi connectivity index (χ0n) is 6.69. The minimum absolute atomic E-state index is 0.0997. The standard InChI is InChI=1S/C9H6N2O2/c10-3-7-1-6(4-12)2-8-9(7)13-5-11-8/h1-2,5,12H,4H2. The number of aliphatic hydroxyl groups is 1. The van der Waals surface area contributed by atoms with Gasteiger partial charge in [0, 0.05) is 0 Å². The van der Waals surface area contributed by atoms with Crippen LogP contribution in [0.2, 0.25) is 0 Å². The third-order valence-corrected chi connectivity index (χ3v) is 1.79. The van der Waals surface area contributed by atoms with Crippen LogP contribution in [-0.4, -0.2) is 10.1 Å². The molecule has 0 aliphatic rings. The van der Waals surface area contributed by atoms with Crippen molar-refractivity contribution in [2.75, 3.05) is 0 Å². The van der Waals surface area contributed by atoms with Crippen LogP contribution < -0.4 is 0 Å². The SMILES string of the molecule is N#Cc1cc(CO)cc2ncoc12. The molecule has 0 saturated heterocycles. The minimum atomic E-state index is -0.0997. The van der Waals surface area contributed by atoms with Crippen LogP contribution in [0.5, 0.6) is 0 Å². The van der Waals surface area contributed by atoms with Crippen molar-refractivity contribution >= 4 is 11.1 Å². The molecule has 0 aliphatic heterocycles. The lowest BCUT2D eigenvalue weighted by Crippen LogP contribution is -1.85. The van der Waals surface area contributed by atoms with E-state index in [1.807, 2.05) is 6.07 Å². The van der Waals surface area contributed by atoms with E-state index in [4.69, 9.17) is 14.8 Å². The first-order valence-electron chi connectivity index (χ1n) is 3.72. The molecule has 1 aromatic carbocycles. The van der Waals surface area contributed by atoms with Crippen molar-refractivity contribution < 1.29 is 9.52 Å². The van der Waals surface area contributed by atoms with Crippen LogP contribution in [0.25, 0.3) is 11.1 Å². The van der Waals surface area contributed by atoms with Crippen LogP contribution in [0.1, 0.15) is 11.1 Å². The summed E-state index contributed by atoms with van der Waals surface area (Å²) >= 11 is 0. The quantitative estimate of drug-likeness (QED) is 0.704. The van der Waals surface area contributed by atoms with Crippen molar-refractivity contribution in [2.45, 2.75) is 6.61 Å². The molecule has 4 nitrogen and oxygen atoms in total. The fourth-order valence-electron chi connectivity index (χ4n) is 1.20. The van der Waals surface area contributed by atoms with E-state index in [1.54, 1.807) is 12.1 Å². The highest BCUT2D eigenvalue weighted by atomic mass is 16.3. The van der Waals surface area contributed by atoms with E-state index in [2.05, 4.69) is 4.98 Å². The van der Waals surface area contributed by atoms with Gasteiger partial charge in [-0.1, -0.05) is 0 Å². The Kier molecular flexibility index (Phi) is 1.72. The van der Waals surface area contributed by atoms with Crippen LogP contribution >= 0.6 is 0 Å². The van der Waals surface area contributed by atoms with Gasteiger partial charge in [0.2, 0.25) is 0 Å². The van der Waals surface area contributed by atoms with Crippen LogP contribution in [0.15, 0.2) is 22.9 Å². The number of rotatable bonds is 1. The van der Waals surface area contributed by atoms with Crippen molar-refractivity contribution in [2.24, 2.45) is 0 Å². The summed E-state index contributed by atoms with van der Waals surface area (Å²) in [5.41, 5.74) is 2.14. The Balaban J connectivity index is 2.79. The lowest BCUT2D eigenvalue weighted by atomic mass is 10.1. The molecule has 0 unspecified atom stereocenters. The molecule has 1 N–H and O–H groups in total. The third kappa shape index (κ3) is 1.15. The number of benzene rings is 1. The molecule has 0 bridgehead atoms. The summed E-state index contributed by atoms with van der Waals surface area (Å²) in [5, 5.41) is 17.6. The molecule has 64 valence electrons. The van der Waals surface area contributed by atoms with E-state index in [-0.39, 0.29) is 6.61 Å². The molecular formula is C9H6N2O2. The molecule has 0 saturated carbocycles. The summed E-state index contributed by atoms with van der Waals surface area (Å²) in [6.07, 6.45) is 1.28. The number of oxazole rings is 1. The normalized spacial score (nSPS) is 10.2. The average molecular weight is 174 g/mol. The Morgan fingerprint density at radius 2 is 2.38 bits per heavy atom. The predicted octanol–water partition coefficient (Wildman–Crippen LogP) is 1.19. The molecule has 0 aliphatic carbocycles. The second-order valence-electron chi connectivity index (χ2n) is 2.61. The summed E-state index contributed by atoms with van der Waals surface area (Å²) in [7, 11) is 0. The smallest absolute Gasteiger partial charge is 0.182 e. The molecule has 1 aromatic heterocycles. The summed E-state index contributed by atoms with van der Waals surface area (Å²) < 4.78 is 5.02. The van der Waals surface area contributed by atoms with Gasteiger partial charge in [-0.3, -0.25) is 0 Å². The minimum Gasteiger partial charge on any atom is -0.442 e. The molecule has 0 spiro atoms. The third-order valence-electron chi connectivity index (χ3n) is 1.79. The first-order chi connectivity index (χ1) is 6.35. The largest absolute Gasteiger partial charge is 0.442 e. The first-order valence-corrected chi connectivity index (χ1v) is 3.72. The summed E-state index contributed by atoms with van der Waals surface area (Å²) in [6.45, 7) is -0.0997. The highest BCUT2D eigenvalue weighted by Crippen LogP contribution is 2.19. The number of aromatic nitrogens is 1. The number of hydrogen-bond donors (Lipinski definition) is 1. The van der Waals surface area contributed by atoms with Crippen molar-refractivity contribution in [1.82, 2.24) is 4.98 Å². The Labute approximate surface area is 74.0 Å². The van der Waals surface area contributed by atoms with Gasteiger partial charge in [-0.15, -0.1) is 0 Å². The van der Waals surface area contributed by atoms with Gasteiger partial charge in [0.05, 0.1) is 12.2 Å². The molecule has 4 heteroatoms. The van der Waals surface area contributed by atoms with E-state index < -0.39 is 0 Å². The van der Waals surface area contributed by atoms with Gasteiger partial charge in [0.1, 0.15) is 11.6 Å². The van der Waals surface area contributed by atoms with Crippen molar-refractivity contribution in [3.63, 3.8) is 0 Å². The lowest BCUT2D eigenvalue weighted by Gasteiger charge is -1.96. The molecule has 2 aromatic rings. The lowest BCUT2D eigenvalue weighted by molar-refractivity contribution is 0.282. The van der Waals surface area contributed by atoms with Gasteiger partial charge in [-0.05, 0) is 17.7 Å². The van der Waals surface area contributed by atoms with Gasteiger partial charge in [0.25, 0.3) is 0 Å². The van der Waals surface area contributed by atoms with Crippen molar-refractivity contribution in [3.8, 4) is 6.07 Å². The molecule has 0 radical (unpaired) electrons. The number of hydrogen-bond acceptors (Lipinski definition) is 4. The van der Waals surface area contributed by atoms with E-state index in [0.29, 0.717) is 22.2 Å². The number of fused-ring (bicyclic) bond motifs is 1. The Hall–Kier alpha value is -1.86. The fraction of sp³-hybridized carbons (Fsp3) is 0.111. The van der Waals surface area contributed by atoms with Crippen molar-refractivity contribution in [1.29, 1.82) is 5.26 Å². The van der Waals surface area contributed by atoms with Crippen LogP contribution in [-0.2, 0) is 6.61 Å². The summed E-state index contributed by atoms with van der Waals surface area (Å²) in [4.78, 5) is 3.91. The Bertz CT molecular complexity index is 482. The van der Waals surface area contributed by atoms with Crippen LogP contribution in [0.3, 0.4) is 0 Å². The molecule has 0 amide bonds. The Morgan fingerprint density at radius 3 is 3.08 bits per heavy atom. The Morgan fingerprint density at radius 1 is 1.54 bits per heavy atom. The van der Waals surface area contributed by atoms with E-state index >= 15 is 0 Å². The maximum Gasteiger partial charge on any atom is 0.182 e. The average Bonchev–Trinajstić information content (AvgIpc) is 2.63. The maximum atomic E-state index is 8.89. The van der Waals surface area contributed by atoms with Crippen LogP contribution in [0.4, 0.5) is 0 Å². The van der Waals surface area contributed by atoms with E-state index in [1.165, 1.54) is 6.39 Å². The second kappa shape index (κ2) is 2.88. The molecule has 1 heterocycles. The number of aliphatic hydroxyl groups excluding tert-OH is 1. The second-order valence-corrected chi connectivity index (χ2v) is 2.61. The van der Waals surface area contributed by atoms with Gasteiger partial charge in [-0.25, -0.2) is 4.98 Å². The first kappa shape index (κ1) is 7.77. The fourth-order valence-corrected chi connectivity index (χ4v) is 1.20.